The number of halogens is 2. The molecule has 0 fully saturated rings. The van der Waals surface area contributed by atoms with Crippen LogP contribution < -0.4 is 10.6 Å². The van der Waals surface area contributed by atoms with Gasteiger partial charge in [-0.1, -0.05) is 15.9 Å². The monoisotopic (exact) mass is 337 g/mol. The average molecular weight is 338 g/mol. The Bertz CT molecular complexity index is 641. The topological polar surface area (TPSA) is 54.0 Å². The lowest BCUT2D eigenvalue weighted by Crippen LogP contribution is -2.15. The van der Waals surface area contributed by atoms with Gasteiger partial charge in [-0.05, 0) is 36.8 Å². The quantitative estimate of drug-likeness (QED) is 0.899. The zero-order valence-electron chi connectivity index (χ0n) is 11.0. The highest BCUT2D eigenvalue weighted by molar-refractivity contribution is 9.10. The van der Waals surface area contributed by atoms with Gasteiger partial charge in [0.05, 0.1) is 5.56 Å². The summed E-state index contributed by atoms with van der Waals surface area (Å²) in [6.45, 7) is 1.91. The molecule has 2 rings (SSSR count). The van der Waals surface area contributed by atoms with Crippen LogP contribution in [0.3, 0.4) is 0 Å². The van der Waals surface area contributed by atoms with Gasteiger partial charge in [-0.3, -0.25) is 4.79 Å². The molecule has 1 amide bonds. The van der Waals surface area contributed by atoms with Crippen LogP contribution >= 0.6 is 15.9 Å². The minimum absolute atomic E-state index is 0.0445. The molecule has 0 bridgehead atoms. The second-order valence-electron chi connectivity index (χ2n) is 4.24. The van der Waals surface area contributed by atoms with Crippen molar-refractivity contribution in [3.8, 4) is 0 Å². The van der Waals surface area contributed by atoms with Crippen LogP contribution in [0.15, 0.2) is 34.9 Å². The van der Waals surface area contributed by atoms with Gasteiger partial charge in [0.1, 0.15) is 0 Å². The molecule has 1 aromatic heterocycles. The van der Waals surface area contributed by atoms with Gasteiger partial charge in [0, 0.05) is 23.4 Å². The lowest BCUT2D eigenvalue weighted by molar-refractivity contribution is 0.102. The van der Waals surface area contributed by atoms with Gasteiger partial charge in [0.25, 0.3) is 5.91 Å². The van der Waals surface area contributed by atoms with Crippen LogP contribution in [0, 0.1) is 12.7 Å². The summed E-state index contributed by atoms with van der Waals surface area (Å²) in [5, 5.41) is 5.27. The van der Waals surface area contributed by atoms with E-state index in [1.165, 1.54) is 12.3 Å². The molecule has 0 aliphatic heterocycles. The molecule has 2 N–H and O–H groups in total. The van der Waals surface area contributed by atoms with E-state index in [9.17, 15) is 9.18 Å². The summed E-state index contributed by atoms with van der Waals surface area (Å²) in [6, 6.07) is 6.82. The molecule has 0 atom stereocenters. The first-order valence-electron chi connectivity index (χ1n) is 5.92. The molecule has 0 aliphatic carbocycles. The summed E-state index contributed by atoms with van der Waals surface area (Å²) in [4.78, 5) is 15.9. The second kappa shape index (κ2) is 6.00. The van der Waals surface area contributed by atoms with E-state index in [0.717, 1.165) is 10.0 Å². The molecule has 4 nitrogen and oxygen atoms in total. The molecular formula is C14H13BrFN3O. The van der Waals surface area contributed by atoms with Crippen molar-refractivity contribution in [2.45, 2.75) is 6.92 Å². The Morgan fingerprint density at radius 1 is 1.35 bits per heavy atom. The lowest BCUT2D eigenvalue weighted by atomic mass is 10.2. The van der Waals surface area contributed by atoms with E-state index in [4.69, 9.17) is 0 Å². The number of anilines is 2. The molecule has 0 unspecified atom stereocenters. The fourth-order valence-electron chi connectivity index (χ4n) is 1.80. The van der Waals surface area contributed by atoms with Crippen LogP contribution in [0.2, 0.25) is 0 Å². The lowest BCUT2D eigenvalue weighted by Gasteiger charge is -2.09. The number of hydrogen-bond donors (Lipinski definition) is 2. The van der Waals surface area contributed by atoms with Gasteiger partial charge >= 0.3 is 0 Å². The third kappa shape index (κ3) is 3.14. The fourth-order valence-corrected chi connectivity index (χ4v) is 2.41. The third-order valence-corrected chi connectivity index (χ3v) is 3.13. The number of aryl methyl sites for hydroxylation is 1. The van der Waals surface area contributed by atoms with Gasteiger partial charge < -0.3 is 10.6 Å². The van der Waals surface area contributed by atoms with Crippen molar-refractivity contribution in [1.29, 1.82) is 0 Å². The van der Waals surface area contributed by atoms with E-state index in [2.05, 4.69) is 31.5 Å². The molecule has 1 heterocycles. The molecule has 0 spiro atoms. The minimum Gasteiger partial charge on any atom is -0.371 e. The van der Waals surface area contributed by atoms with E-state index in [0.29, 0.717) is 5.69 Å². The summed E-state index contributed by atoms with van der Waals surface area (Å²) in [6.07, 6.45) is 1.38. The number of hydrogen-bond acceptors (Lipinski definition) is 3. The minimum atomic E-state index is -0.667. The fraction of sp³-hybridized carbons (Fsp3) is 0.143. The van der Waals surface area contributed by atoms with Crippen LogP contribution in [0.5, 0.6) is 0 Å². The molecule has 1 aromatic carbocycles. The van der Waals surface area contributed by atoms with Crippen molar-refractivity contribution >= 4 is 33.3 Å². The molecule has 0 radical (unpaired) electrons. The molecule has 20 heavy (non-hydrogen) atoms. The SMILES string of the molecule is CNc1nccc(C(=O)Nc2cc(C)cc(Br)c2)c1F. The van der Waals surface area contributed by atoms with E-state index in [1.807, 2.05) is 13.0 Å². The third-order valence-electron chi connectivity index (χ3n) is 2.67. The number of pyridine rings is 1. The smallest absolute Gasteiger partial charge is 0.258 e. The van der Waals surface area contributed by atoms with Crippen LogP contribution in [0.1, 0.15) is 15.9 Å². The van der Waals surface area contributed by atoms with Crippen LogP contribution in [0.4, 0.5) is 15.9 Å². The molecule has 104 valence electrons. The Morgan fingerprint density at radius 2 is 2.10 bits per heavy atom. The predicted molar refractivity (Wildman–Crippen MR) is 80.6 cm³/mol. The van der Waals surface area contributed by atoms with E-state index in [1.54, 1.807) is 19.2 Å². The van der Waals surface area contributed by atoms with Crippen molar-refractivity contribution in [2.75, 3.05) is 17.7 Å². The number of carbonyl (C=O) groups is 1. The van der Waals surface area contributed by atoms with Crippen LogP contribution in [0.25, 0.3) is 0 Å². The summed E-state index contributed by atoms with van der Waals surface area (Å²) < 4.78 is 14.8. The highest BCUT2D eigenvalue weighted by Gasteiger charge is 2.15. The summed E-state index contributed by atoms with van der Waals surface area (Å²) in [5.41, 5.74) is 1.53. The van der Waals surface area contributed by atoms with Gasteiger partial charge in [0.2, 0.25) is 0 Å². The summed E-state index contributed by atoms with van der Waals surface area (Å²) in [5.74, 6) is -1.14. The van der Waals surface area contributed by atoms with E-state index < -0.39 is 11.7 Å². The van der Waals surface area contributed by atoms with Crippen molar-refractivity contribution in [3.05, 3.63) is 51.9 Å². The van der Waals surface area contributed by atoms with Gasteiger partial charge in [-0.25, -0.2) is 9.37 Å². The van der Waals surface area contributed by atoms with Crippen molar-refractivity contribution in [1.82, 2.24) is 4.98 Å². The molecule has 0 saturated carbocycles. The maximum absolute atomic E-state index is 14.0. The maximum Gasteiger partial charge on any atom is 0.258 e. The normalized spacial score (nSPS) is 10.2. The van der Waals surface area contributed by atoms with Gasteiger partial charge in [-0.15, -0.1) is 0 Å². The second-order valence-corrected chi connectivity index (χ2v) is 5.16. The Morgan fingerprint density at radius 3 is 2.75 bits per heavy atom. The number of amides is 1. The van der Waals surface area contributed by atoms with Crippen LogP contribution in [-0.2, 0) is 0 Å². The maximum atomic E-state index is 14.0. The Hall–Kier alpha value is -1.95. The molecule has 6 heteroatoms. The number of benzene rings is 1. The van der Waals surface area contributed by atoms with Crippen molar-refractivity contribution in [2.24, 2.45) is 0 Å². The highest BCUT2D eigenvalue weighted by atomic mass is 79.9. The molecular weight excluding hydrogens is 325 g/mol. The van der Waals surface area contributed by atoms with Crippen molar-refractivity contribution in [3.63, 3.8) is 0 Å². The summed E-state index contributed by atoms with van der Waals surface area (Å²) >= 11 is 3.35. The van der Waals surface area contributed by atoms with E-state index >= 15 is 0 Å². The first-order chi connectivity index (χ1) is 9.51. The number of carbonyl (C=O) groups excluding carboxylic acids is 1. The molecule has 0 saturated heterocycles. The predicted octanol–water partition coefficient (Wildman–Crippen LogP) is 3.59. The highest BCUT2D eigenvalue weighted by Crippen LogP contribution is 2.21. The summed E-state index contributed by atoms with van der Waals surface area (Å²) in [7, 11) is 1.55. The standard InChI is InChI=1S/C14H13BrFN3O/c1-8-5-9(15)7-10(6-8)19-14(20)11-3-4-18-13(17-2)12(11)16/h3-7H,1-2H3,(H,17,18)(H,19,20). The zero-order chi connectivity index (χ0) is 14.7. The largest absolute Gasteiger partial charge is 0.371 e. The number of nitrogens with zero attached hydrogens (tertiary/aromatic N) is 1. The number of rotatable bonds is 3. The van der Waals surface area contributed by atoms with Crippen LogP contribution in [-0.4, -0.2) is 17.9 Å². The number of aromatic nitrogens is 1. The van der Waals surface area contributed by atoms with Gasteiger partial charge in [-0.2, -0.15) is 0 Å². The Balaban J connectivity index is 2.28. The Kier molecular flexibility index (Phi) is 4.34. The van der Waals surface area contributed by atoms with Gasteiger partial charge in [0.15, 0.2) is 11.6 Å². The first-order valence-corrected chi connectivity index (χ1v) is 6.71. The van der Waals surface area contributed by atoms with Crippen molar-refractivity contribution < 1.29 is 9.18 Å². The first kappa shape index (κ1) is 14.5. The molecule has 0 aliphatic rings. The zero-order valence-corrected chi connectivity index (χ0v) is 12.6. The molecule has 2 aromatic rings. The number of nitrogens with one attached hydrogen (secondary N) is 2. The van der Waals surface area contributed by atoms with E-state index in [-0.39, 0.29) is 11.4 Å². The Labute approximate surface area is 124 Å². The average Bonchev–Trinajstić information content (AvgIpc) is 2.37.